The molecule has 0 aromatic carbocycles. The molecule has 1 aromatic heterocycles. The second-order valence-electron chi connectivity index (χ2n) is 2.76. The molecule has 0 bridgehead atoms. The Balaban J connectivity index is 2.32. The highest BCUT2D eigenvalue weighted by atomic mass is 35.5. The van der Waals surface area contributed by atoms with Crippen molar-refractivity contribution < 1.29 is 0 Å². The van der Waals surface area contributed by atoms with Gasteiger partial charge < -0.3 is 5.01 Å². The molecule has 1 aromatic rings. The first-order valence-electron chi connectivity index (χ1n) is 3.97. The third-order valence-corrected chi connectivity index (χ3v) is 2.31. The maximum Gasteiger partial charge on any atom is 0.176 e. The van der Waals surface area contributed by atoms with E-state index in [0.29, 0.717) is 10.3 Å². The van der Waals surface area contributed by atoms with Crippen LogP contribution in [-0.4, -0.2) is 23.3 Å². The Labute approximate surface area is 85.8 Å². The molecule has 1 fully saturated rings. The van der Waals surface area contributed by atoms with Gasteiger partial charge in [-0.3, -0.25) is 0 Å². The molecular weight excluding hydrogens is 211 g/mol. The predicted octanol–water partition coefficient (Wildman–Crippen LogP) is 1.50. The number of anilines is 1. The number of hydrogen-bond donors (Lipinski definition) is 1. The first-order valence-corrected chi connectivity index (χ1v) is 4.73. The van der Waals surface area contributed by atoms with Crippen LogP contribution < -0.4 is 10.4 Å². The van der Waals surface area contributed by atoms with Crippen LogP contribution in [0, 0.1) is 0 Å². The van der Waals surface area contributed by atoms with E-state index in [-0.39, 0.29) is 0 Å². The highest BCUT2D eigenvalue weighted by molar-refractivity contribution is 6.33. The summed E-state index contributed by atoms with van der Waals surface area (Å²) in [4.78, 5) is 0. The summed E-state index contributed by atoms with van der Waals surface area (Å²) in [6, 6.07) is 1.70. The number of hydrazine groups is 1. The van der Waals surface area contributed by atoms with Crippen LogP contribution in [0.3, 0.4) is 0 Å². The van der Waals surface area contributed by atoms with Crippen molar-refractivity contribution in [2.75, 3.05) is 18.1 Å². The zero-order chi connectivity index (χ0) is 9.26. The maximum atomic E-state index is 5.86. The second-order valence-corrected chi connectivity index (χ2v) is 3.50. The van der Waals surface area contributed by atoms with E-state index in [2.05, 4.69) is 15.6 Å². The summed E-state index contributed by atoms with van der Waals surface area (Å²) in [6.07, 6.45) is 1.09. The fourth-order valence-corrected chi connectivity index (χ4v) is 1.60. The Bertz CT molecular complexity index is 311. The number of nitrogens with zero attached hydrogens (tertiary/aromatic N) is 3. The van der Waals surface area contributed by atoms with E-state index in [1.54, 1.807) is 6.07 Å². The first kappa shape index (κ1) is 8.99. The molecular formula is C7H8Cl2N4. The number of nitrogens with one attached hydrogen (secondary N) is 1. The molecule has 2 rings (SSSR count). The quantitative estimate of drug-likeness (QED) is 0.776. The van der Waals surface area contributed by atoms with E-state index in [0.717, 1.165) is 25.2 Å². The highest BCUT2D eigenvalue weighted by Crippen LogP contribution is 2.25. The van der Waals surface area contributed by atoms with E-state index in [1.165, 1.54) is 0 Å². The SMILES string of the molecule is Clc1cc(N2CCCN2)c(Cl)nn1. The van der Waals surface area contributed by atoms with Crippen molar-refractivity contribution in [3.63, 3.8) is 0 Å². The molecule has 1 N–H and O–H groups in total. The van der Waals surface area contributed by atoms with Gasteiger partial charge in [0.15, 0.2) is 10.3 Å². The molecule has 0 amide bonds. The van der Waals surface area contributed by atoms with Crippen LogP contribution in [-0.2, 0) is 0 Å². The zero-order valence-electron chi connectivity index (χ0n) is 6.80. The van der Waals surface area contributed by atoms with Gasteiger partial charge >= 0.3 is 0 Å². The lowest BCUT2D eigenvalue weighted by Gasteiger charge is -2.17. The lowest BCUT2D eigenvalue weighted by molar-refractivity contribution is 0.781. The smallest absolute Gasteiger partial charge is 0.176 e. The van der Waals surface area contributed by atoms with Gasteiger partial charge in [0.1, 0.15) is 0 Å². The average molecular weight is 219 g/mol. The number of hydrogen-bond acceptors (Lipinski definition) is 4. The van der Waals surface area contributed by atoms with Crippen LogP contribution in [0.1, 0.15) is 6.42 Å². The monoisotopic (exact) mass is 218 g/mol. The molecule has 0 spiro atoms. The minimum atomic E-state index is 0.355. The van der Waals surface area contributed by atoms with E-state index < -0.39 is 0 Å². The number of aromatic nitrogens is 2. The average Bonchev–Trinajstić information content (AvgIpc) is 2.61. The highest BCUT2D eigenvalue weighted by Gasteiger charge is 2.16. The summed E-state index contributed by atoms with van der Waals surface area (Å²) in [5.74, 6) is 0. The summed E-state index contributed by atoms with van der Waals surface area (Å²) in [5.41, 5.74) is 3.95. The van der Waals surface area contributed by atoms with Crippen molar-refractivity contribution >= 4 is 28.9 Å². The van der Waals surface area contributed by atoms with Gasteiger partial charge in [-0.05, 0) is 6.42 Å². The predicted molar refractivity (Wildman–Crippen MR) is 52.0 cm³/mol. The van der Waals surface area contributed by atoms with Crippen molar-refractivity contribution in [2.45, 2.75) is 6.42 Å². The summed E-state index contributed by atoms with van der Waals surface area (Å²) in [6.45, 7) is 1.87. The topological polar surface area (TPSA) is 41.0 Å². The number of rotatable bonds is 1. The van der Waals surface area contributed by atoms with Gasteiger partial charge in [0.2, 0.25) is 0 Å². The first-order chi connectivity index (χ1) is 6.27. The maximum absolute atomic E-state index is 5.86. The van der Waals surface area contributed by atoms with Crippen LogP contribution in [0.5, 0.6) is 0 Å². The van der Waals surface area contributed by atoms with Gasteiger partial charge in [-0.2, -0.15) is 0 Å². The van der Waals surface area contributed by atoms with Crippen LogP contribution in [0.15, 0.2) is 6.07 Å². The Morgan fingerprint density at radius 3 is 2.92 bits per heavy atom. The third kappa shape index (κ3) is 1.85. The fraction of sp³-hybridized carbons (Fsp3) is 0.429. The van der Waals surface area contributed by atoms with Crippen molar-refractivity contribution in [1.82, 2.24) is 15.6 Å². The van der Waals surface area contributed by atoms with Gasteiger partial charge in [-0.15, -0.1) is 10.2 Å². The second kappa shape index (κ2) is 3.65. The van der Waals surface area contributed by atoms with Crippen molar-refractivity contribution in [3.8, 4) is 0 Å². The van der Waals surface area contributed by atoms with E-state index >= 15 is 0 Å². The summed E-state index contributed by atoms with van der Waals surface area (Å²) < 4.78 is 0. The zero-order valence-corrected chi connectivity index (χ0v) is 8.31. The minimum Gasteiger partial charge on any atom is -0.305 e. The summed E-state index contributed by atoms with van der Waals surface area (Å²) in [7, 11) is 0. The van der Waals surface area contributed by atoms with Crippen LogP contribution in [0.2, 0.25) is 10.3 Å². The molecule has 0 atom stereocenters. The molecule has 4 nitrogen and oxygen atoms in total. The molecule has 2 heterocycles. The van der Waals surface area contributed by atoms with Crippen LogP contribution >= 0.6 is 23.2 Å². The molecule has 13 heavy (non-hydrogen) atoms. The van der Waals surface area contributed by atoms with E-state index in [1.807, 2.05) is 5.01 Å². The normalized spacial score (nSPS) is 16.6. The summed E-state index contributed by atoms with van der Waals surface area (Å²) in [5, 5.41) is 10.0. The molecule has 1 aliphatic heterocycles. The number of halogens is 2. The Morgan fingerprint density at radius 1 is 1.38 bits per heavy atom. The largest absolute Gasteiger partial charge is 0.305 e. The van der Waals surface area contributed by atoms with Gasteiger partial charge in [0.25, 0.3) is 0 Å². The lowest BCUT2D eigenvalue weighted by Crippen LogP contribution is -2.30. The van der Waals surface area contributed by atoms with Crippen molar-refractivity contribution in [3.05, 3.63) is 16.4 Å². The molecule has 0 saturated carbocycles. The third-order valence-electron chi connectivity index (χ3n) is 1.85. The molecule has 1 saturated heterocycles. The van der Waals surface area contributed by atoms with Gasteiger partial charge in [-0.1, -0.05) is 23.2 Å². The van der Waals surface area contributed by atoms with E-state index in [4.69, 9.17) is 23.2 Å². The van der Waals surface area contributed by atoms with Gasteiger partial charge in [-0.25, -0.2) is 5.43 Å². The standard InChI is InChI=1S/C7H8Cl2N4/c8-6-4-5(7(9)12-11-6)13-3-1-2-10-13/h4,10H,1-3H2. The van der Waals surface area contributed by atoms with E-state index in [9.17, 15) is 0 Å². The Morgan fingerprint density at radius 2 is 2.23 bits per heavy atom. The fourth-order valence-electron chi connectivity index (χ4n) is 1.27. The van der Waals surface area contributed by atoms with Crippen molar-refractivity contribution in [1.29, 1.82) is 0 Å². The molecule has 0 unspecified atom stereocenters. The van der Waals surface area contributed by atoms with Gasteiger partial charge in [0.05, 0.1) is 5.69 Å². The molecule has 1 aliphatic rings. The summed E-state index contributed by atoms with van der Waals surface area (Å²) >= 11 is 11.6. The van der Waals surface area contributed by atoms with Crippen LogP contribution in [0.25, 0.3) is 0 Å². The Kier molecular flexibility index (Phi) is 2.53. The van der Waals surface area contributed by atoms with Gasteiger partial charge in [0, 0.05) is 19.2 Å². The van der Waals surface area contributed by atoms with Crippen molar-refractivity contribution in [2.24, 2.45) is 0 Å². The molecule has 0 aliphatic carbocycles. The Hall–Kier alpha value is -0.580. The molecule has 0 radical (unpaired) electrons. The minimum absolute atomic E-state index is 0.355. The molecule has 70 valence electrons. The lowest BCUT2D eigenvalue weighted by atomic mass is 10.4. The molecule has 6 heteroatoms. The van der Waals surface area contributed by atoms with Crippen LogP contribution in [0.4, 0.5) is 5.69 Å².